The molecule has 0 spiro atoms. The molecule has 1 aliphatic heterocycles. The van der Waals surface area contributed by atoms with E-state index < -0.39 is 49.5 Å². The summed E-state index contributed by atoms with van der Waals surface area (Å²) in [6.45, 7) is 1.37. The molecule has 0 aliphatic carbocycles. The van der Waals surface area contributed by atoms with Gasteiger partial charge in [0.2, 0.25) is 0 Å². The summed E-state index contributed by atoms with van der Waals surface area (Å²) in [6.07, 6.45) is -7.24. The Morgan fingerprint density at radius 3 is 1.49 bits per heavy atom. The Bertz CT molecular complexity index is 1520. The second-order valence-electron chi connectivity index (χ2n) is 8.33. The number of carbonyl (C=O) groups excluding carboxylic acids is 1. The van der Waals surface area contributed by atoms with E-state index in [4.69, 9.17) is 3.63 Å². The van der Waals surface area contributed by atoms with Gasteiger partial charge >= 0.3 is 33.4 Å². The highest BCUT2D eigenvalue weighted by molar-refractivity contribution is 8.33. The molecule has 210 valence electrons. The van der Waals surface area contributed by atoms with Crippen LogP contribution in [0.4, 0.5) is 39.5 Å². The summed E-state index contributed by atoms with van der Waals surface area (Å²) in [6, 6.07) is 15.0. The van der Waals surface area contributed by atoms with Gasteiger partial charge in [-0.15, -0.1) is 0 Å². The highest BCUT2D eigenvalue weighted by Gasteiger charge is 2.86. The minimum atomic E-state index is -7.49. The van der Waals surface area contributed by atoms with E-state index in [1.54, 1.807) is 0 Å². The lowest BCUT2D eigenvalue weighted by Crippen LogP contribution is -2.63. The van der Waals surface area contributed by atoms with Crippen molar-refractivity contribution in [2.45, 2.75) is 44.9 Å². The van der Waals surface area contributed by atoms with Gasteiger partial charge in [-0.25, -0.2) is 3.63 Å². The van der Waals surface area contributed by atoms with Crippen molar-refractivity contribution in [1.82, 2.24) is 0 Å². The number of hydrogen-bond acceptors (Lipinski definition) is 4. The molecule has 1 aliphatic rings. The van der Waals surface area contributed by atoms with Crippen molar-refractivity contribution in [3.63, 3.8) is 0 Å². The number of carbonyl (C=O) groups is 1. The predicted octanol–water partition coefficient (Wildman–Crippen LogP) is 7.51. The number of aryl methyl sites for hydroxylation is 1. The Labute approximate surface area is 217 Å². The molecule has 0 saturated carbocycles. The molecule has 4 rings (SSSR count). The van der Waals surface area contributed by atoms with E-state index in [-0.39, 0.29) is 31.4 Å². The molecule has 3 aromatic rings. The van der Waals surface area contributed by atoms with Gasteiger partial charge in [-0.3, -0.25) is 4.79 Å². The van der Waals surface area contributed by atoms with Crippen molar-refractivity contribution in [3.05, 3.63) is 89.5 Å². The van der Waals surface area contributed by atoms with E-state index in [1.165, 1.54) is 67.6 Å². The topological polar surface area (TPSA) is 60.4 Å². The molecule has 15 heteroatoms. The van der Waals surface area contributed by atoms with Crippen molar-refractivity contribution in [1.29, 1.82) is 0 Å². The minimum absolute atomic E-state index is 0.150. The molecule has 0 N–H and O–H groups in total. The number of alkyl halides is 9. The molecule has 0 amide bonds. The molecule has 39 heavy (non-hydrogen) atoms. The maximum absolute atomic E-state index is 14.9. The number of rotatable bonds is 6. The van der Waals surface area contributed by atoms with Crippen molar-refractivity contribution in [2.75, 3.05) is 0 Å². The maximum Gasteiger partial charge on any atom is 0.460 e. The molecule has 0 atom stereocenters. The van der Waals surface area contributed by atoms with Gasteiger partial charge in [0.15, 0.2) is 5.78 Å². The van der Waals surface area contributed by atoms with Crippen LogP contribution in [0.15, 0.2) is 87.5 Å². The fourth-order valence-corrected chi connectivity index (χ4v) is 9.72. The van der Waals surface area contributed by atoms with Gasteiger partial charge in [-0.05, 0) is 53.1 Å². The van der Waals surface area contributed by atoms with Gasteiger partial charge in [0, 0.05) is 25.8 Å². The second kappa shape index (κ2) is 8.99. The number of hydrogen-bond donors (Lipinski definition) is 0. The van der Waals surface area contributed by atoms with Crippen LogP contribution in [-0.4, -0.2) is 37.5 Å². The van der Waals surface area contributed by atoms with Crippen LogP contribution in [0.1, 0.15) is 21.5 Å². The van der Waals surface area contributed by atoms with Crippen molar-refractivity contribution in [3.8, 4) is 0 Å². The predicted molar refractivity (Wildman–Crippen MR) is 121 cm³/mol. The summed E-state index contributed by atoms with van der Waals surface area (Å²) in [5.74, 6) is -15.7. The summed E-state index contributed by atoms with van der Waals surface area (Å²) < 4.78 is 154. The summed E-state index contributed by atoms with van der Waals surface area (Å²) in [5, 5.41) is -7.09. The van der Waals surface area contributed by atoms with Gasteiger partial charge in [0.25, 0.3) is 0 Å². The molecular formula is C24H15F9O4S2. The minimum Gasteiger partial charge on any atom is -0.289 e. The lowest BCUT2D eigenvalue weighted by Gasteiger charge is -2.45. The average Bonchev–Trinajstić information content (AvgIpc) is 2.86. The third kappa shape index (κ3) is 3.96. The van der Waals surface area contributed by atoms with E-state index in [0.29, 0.717) is 0 Å². The zero-order valence-electron chi connectivity index (χ0n) is 19.3. The number of halogens is 9. The molecule has 0 fully saturated rings. The zero-order valence-corrected chi connectivity index (χ0v) is 20.9. The van der Waals surface area contributed by atoms with Crippen LogP contribution in [0, 0.1) is 6.92 Å². The molecule has 0 bridgehead atoms. The Hall–Kier alpha value is -3.04. The Morgan fingerprint density at radius 2 is 1.05 bits per heavy atom. The lowest BCUT2D eigenvalue weighted by atomic mass is 10.0. The largest absolute Gasteiger partial charge is 0.460 e. The monoisotopic (exact) mass is 602 g/mol. The lowest BCUT2D eigenvalue weighted by molar-refractivity contribution is -0.382. The summed E-state index contributed by atoms with van der Waals surface area (Å²) in [4.78, 5) is 12.3. The second-order valence-corrected chi connectivity index (χ2v) is 12.7. The van der Waals surface area contributed by atoms with E-state index in [2.05, 4.69) is 0 Å². The normalized spacial score (nSPS) is 16.8. The third-order valence-electron chi connectivity index (χ3n) is 5.91. The Kier molecular flexibility index (Phi) is 6.68. The molecule has 1 heterocycles. The Balaban J connectivity index is 2.08. The van der Waals surface area contributed by atoms with E-state index in [1.807, 2.05) is 0 Å². The van der Waals surface area contributed by atoms with Crippen LogP contribution in [0.5, 0.6) is 0 Å². The molecule has 3 aromatic carbocycles. The van der Waals surface area contributed by atoms with Crippen LogP contribution in [-0.2, 0) is 13.7 Å². The molecule has 0 unspecified atom stereocenters. The third-order valence-corrected chi connectivity index (χ3v) is 11.4. The van der Waals surface area contributed by atoms with E-state index in [0.717, 1.165) is 12.1 Å². The quantitative estimate of drug-likeness (QED) is 0.274. The van der Waals surface area contributed by atoms with Gasteiger partial charge in [-0.1, -0.05) is 42.5 Å². The number of fused-ring (bicyclic) bond motifs is 2. The Morgan fingerprint density at radius 1 is 0.641 bits per heavy atom. The maximum atomic E-state index is 14.9. The highest BCUT2D eigenvalue weighted by Crippen LogP contribution is 2.75. The summed E-state index contributed by atoms with van der Waals surface area (Å²) >= 11 is 0. The van der Waals surface area contributed by atoms with Gasteiger partial charge in [-0.2, -0.15) is 47.9 Å². The van der Waals surface area contributed by atoms with Crippen LogP contribution in [0.3, 0.4) is 0 Å². The number of ketones is 1. The van der Waals surface area contributed by atoms with Crippen LogP contribution < -0.4 is 0 Å². The molecular weight excluding hydrogens is 587 g/mol. The van der Waals surface area contributed by atoms with E-state index in [9.17, 15) is 52.7 Å². The SMILES string of the molecule is Cc1ccccc1S1(OS(=O)(=O)C(F)(F)C(F)(F)C(F)(F)C(F)(F)F)c2ccccc2C(=O)c2ccccc21. The first-order chi connectivity index (χ1) is 17.8. The van der Waals surface area contributed by atoms with Crippen LogP contribution in [0.2, 0.25) is 0 Å². The van der Waals surface area contributed by atoms with Gasteiger partial charge < -0.3 is 0 Å². The standard InChI is InChI=1S/C24H15F9O4S2/c1-14-8-2-5-11-17(14)38(18-12-6-3-9-15(18)20(34)16-10-4-7-13-19(16)38)37-39(35,36)24(32,33)22(27,28)21(25,26)23(29,30)31/h2-13H,1H3. The summed E-state index contributed by atoms with van der Waals surface area (Å²) in [5.41, 5.74) is -0.405. The summed E-state index contributed by atoms with van der Waals surface area (Å²) in [7, 11) is -11.5. The first-order valence-electron chi connectivity index (χ1n) is 10.6. The first kappa shape index (κ1) is 29.0. The fraction of sp³-hybridized carbons (Fsp3) is 0.208. The molecule has 0 radical (unpaired) electrons. The zero-order chi connectivity index (χ0) is 29.2. The molecule has 0 aromatic heterocycles. The highest BCUT2D eigenvalue weighted by atomic mass is 32.3. The van der Waals surface area contributed by atoms with Crippen molar-refractivity contribution >= 4 is 26.2 Å². The van der Waals surface area contributed by atoms with E-state index >= 15 is 0 Å². The van der Waals surface area contributed by atoms with Crippen LogP contribution in [0.25, 0.3) is 0 Å². The van der Waals surface area contributed by atoms with Crippen molar-refractivity contribution < 1.29 is 56.4 Å². The first-order valence-corrected chi connectivity index (χ1v) is 13.6. The van der Waals surface area contributed by atoms with Crippen molar-refractivity contribution in [2.24, 2.45) is 0 Å². The average molecular weight is 602 g/mol. The smallest absolute Gasteiger partial charge is 0.289 e. The van der Waals surface area contributed by atoms with Crippen LogP contribution >= 0.6 is 10.3 Å². The fourth-order valence-electron chi connectivity index (χ4n) is 3.99. The number of benzene rings is 3. The van der Waals surface area contributed by atoms with Gasteiger partial charge in [0.05, 0.1) is 0 Å². The molecule has 4 nitrogen and oxygen atoms in total. The molecule has 0 saturated heterocycles. The van der Waals surface area contributed by atoms with Gasteiger partial charge in [0.1, 0.15) is 0 Å².